The number of aliphatic hydroxyl groups is 1. The Morgan fingerprint density at radius 3 is 1.80 bits per heavy atom. The highest BCUT2D eigenvalue weighted by Crippen LogP contribution is 2.11. The van der Waals surface area contributed by atoms with E-state index in [1.807, 2.05) is 0 Å². The van der Waals surface area contributed by atoms with Crippen molar-refractivity contribution < 1.29 is 34.1 Å². The van der Waals surface area contributed by atoms with E-state index in [0.717, 1.165) is 14.2 Å². The Bertz CT molecular complexity index is 244. The number of rotatable bonds is 5. The Morgan fingerprint density at radius 2 is 1.53 bits per heavy atom. The van der Waals surface area contributed by atoms with E-state index >= 15 is 0 Å². The van der Waals surface area contributed by atoms with Crippen LogP contribution in [0.4, 0.5) is 0 Å². The topological polar surface area (TPSA) is 110 Å². The van der Waals surface area contributed by atoms with Crippen molar-refractivity contribution in [2.45, 2.75) is 12.5 Å². The lowest BCUT2D eigenvalue weighted by atomic mass is 10.0. The second kappa shape index (κ2) is 5.97. The summed E-state index contributed by atoms with van der Waals surface area (Å²) in [5, 5.41) is 17.7. The largest absolute Gasteiger partial charge is 0.481 e. The van der Waals surface area contributed by atoms with Crippen LogP contribution in [0.1, 0.15) is 6.42 Å². The Kier molecular flexibility index (Phi) is 5.32. The number of esters is 2. The van der Waals surface area contributed by atoms with Gasteiger partial charge in [-0.15, -0.1) is 0 Å². The first-order valence-corrected chi connectivity index (χ1v) is 3.99. The van der Waals surface area contributed by atoms with E-state index in [0.29, 0.717) is 0 Å². The number of hydrogen-bond acceptors (Lipinski definition) is 6. The first-order chi connectivity index (χ1) is 6.93. The summed E-state index contributed by atoms with van der Waals surface area (Å²) in [5.74, 6) is -5.03. The van der Waals surface area contributed by atoms with Crippen LogP contribution in [0.15, 0.2) is 0 Å². The summed E-state index contributed by atoms with van der Waals surface area (Å²) in [6, 6.07) is 0. The van der Waals surface area contributed by atoms with Crippen LogP contribution in [-0.4, -0.2) is 48.4 Å². The molecule has 0 rings (SSSR count). The summed E-state index contributed by atoms with van der Waals surface area (Å²) in [5.41, 5.74) is 0. The van der Waals surface area contributed by atoms with Gasteiger partial charge in [0.2, 0.25) is 0 Å². The lowest BCUT2D eigenvalue weighted by Crippen LogP contribution is -2.38. The molecule has 7 heteroatoms. The molecule has 0 radical (unpaired) electrons. The number of hydrogen-bond donors (Lipinski definition) is 2. The minimum absolute atomic E-state index is 0.741. The fourth-order valence-electron chi connectivity index (χ4n) is 0.961. The van der Waals surface area contributed by atoms with Crippen molar-refractivity contribution in [3.05, 3.63) is 0 Å². The maximum atomic E-state index is 11.1. The van der Waals surface area contributed by atoms with Gasteiger partial charge in [0.1, 0.15) is 0 Å². The van der Waals surface area contributed by atoms with E-state index in [1.165, 1.54) is 0 Å². The van der Waals surface area contributed by atoms with Gasteiger partial charge in [0, 0.05) is 0 Å². The van der Waals surface area contributed by atoms with Crippen molar-refractivity contribution in [1.29, 1.82) is 0 Å². The Labute approximate surface area is 85.6 Å². The van der Waals surface area contributed by atoms with E-state index in [4.69, 9.17) is 5.11 Å². The van der Waals surface area contributed by atoms with Crippen LogP contribution in [-0.2, 0) is 23.9 Å². The fraction of sp³-hybridized carbons (Fsp3) is 0.625. The minimum Gasteiger partial charge on any atom is -0.481 e. The molecule has 86 valence electrons. The second-order valence-corrected chi connectivity index (χ2v) is 2.69. The monoisotopic (exact) mass is 220 g/mol. The predicted molar refractivity (Wildman–Crippen MR) is 45.8 cm³/mol. The zero-order valence-electron chi connectivity index (χ0n) is 8.30. The number of aliphatic carboxylic acids is 1. The molecule has 0 bridgehead atoms. The van der Waals surface area contributed by atoms with Crippen molar-refractivity contribution in [2.24, 2.45) is 5.92 Å². The second-order valence-electron chi connectivity index (χ2n) is 2.69. The summed E-state index contributed by atoms with van der Waals surface area (Å²) in [6.07, 6.45) is -2.41. The highest BCUT2D eigenvalue weighted by atomic mass is 16.5. The van der Waals surface area contributed by atoms with Gasteiger partial charge in [-0.3, -0.25) is 14.4 Å². The number of methoxy groups -OCH3 is 2. The van der Waals surface area contributed by atoms with E-state index in [2.05, 4.69) is 9.47 Å². The number of ether oxygens (including phenoxy) is 2. The van der Waals surface area contributed by atoms with E-state index in [1.54, 1.807) is 0 Å². The molecule has 0 fully saturated rings. The van der Waals surface area contributed by atoms with Crippen LogP contribution in [0.2, 0.25) is 0 Å². The average Bonchev–Trinajstić information content (AvgIpc) is 2.16. The number of carboxylic acid groups (broad SMARTS) is 1. The van der Waals surface area contributed by atoms with Crippen molar-refractivity contribution in [3.8, 4) is 0 Å². The van der Waals surface area contributed by atoms with Crippen LogP contribution in [0.5, 0.6) is 0 Å². The summed E-state index contributed by atoms with van der Waals surface area (Å²) >= 11 is 0. The number of aliphatic hydroxyl groups excluding tert-OH is 1. The quantitative estimate of drug-likeness (QED) is 0.441. The summed E-state index contributed by atoms with van der Waals surface area (Å²) < 4.78 is 8.49. The summed E-state index contributed by atoms with van der Waals surface area (Å²) in [6.45, 7) is 0. The summed E-state index contributed by atoms with van der Waals surface area (Å²) in [4.78, 5) is 32.4. The van der Waals surface area contributed by atoms with Crippen LogP contribution >= 0.6 is 0 Å². The predicted octanol–water partition coefficient (Wildman–Crippen LogP) is -1.22. The maximum absolute atomic E-state index is 11.1. The van der Waals surface area contributed by atoms with Crippen molar-refractivity contribution in [2.75, 3.05) is 14.2 Å². The van der Waals surface area contributed by atoms with Gasteiger partial charge in [0.05, 0.1) is 26.7 Å². The lowest BCUT2D eigenvalue weighted by molar-refractivity contribution is -0.165. The zero-order valence-corrected chi connectivity index (χ0v) is 8.30. The molecule has 0 aromatic carbocycles. The van der Waals surface area contributed by atoms with Gasteiger partial charge in [-0.25, -0.2) is 0 Å². The fourth-order valence-corrected chi connectivity index (χ4v) is 0.961. The third kappa shape index (κ3) is 3.94. The Balaban J connectivity index is 4.69. The molecule has 2 N–H and O–H groups in total. The zero-order chi connectivity index (χ0) is 12.0. The van der Waals surface area contributed by atoms with Crippen LogP contribution in [0.25, 0.3) is 0 Å². The molecule has 0 spiro atoms. The van der Waals surface area contributed by atoms with Gasteiger partial charge in [-0.05, 0) is 0 Å². The van der Waals surface area contributed by atoms with Gasteiger partial charge >= 0.3 is 17.9 Å². The SMILES string of the molecule is COC(=O)C(C(=O)OC)[C@@H](O)CC(=O)O. The third-order valence-electron chi connectivity index (χ3n) is 1.68. The third-order valence-corrected chi connectivity index (χ3v) is 1.68. The maximum Gasteiger partial charge on any atom is 0.322 e. The van der Waals surface area contributed by atoms with Gasteiger partial charge in [-0.1, -0.05) is 0 Å². The molecule has 0 aliphatic carbocycles. The van der Waals surface area contributed by atoms with E-state index in [9.17, 15) is 19.5 Å². The molecule has 15 heavy (non-hydrogen) atoms. The standard InChI is InChI=1S/C8H12O7/c1-14-7(12)6(8(13)15-2)4(9)3-5(10)11/h4,6,9H,3H2,1-2H3,(H,10,11)/t4-/m0/s1. The molecule has 0 heterocycles. The molecular formula is C8H12O7. The summed E-state index contributed by atoms with van der Waals surface area (Å²) in [7, 11) is 2.04. The van der Waals surface area contributed by atoms with E-state index in [-0.39, 0.29) is 0 Å². The first-order valence-electron chi connectivity index (χ1n) is 3.99. The average molecular weight is 220 g/mol. The van der Waals surface area contributed by atoms with E-state index < -0.39 is 36.4 Å². The van der Waals surface area contributed by atoms with Gasteiger partial charge in [0.15, 0.2) is 5.92 Å². The number of carbonyl (C=O) groups is 3. The molecule has 0 unspecified atom stereocenters. The molecular weight excluding hydrogens is 208 g/mol. The van der Waals surface area contributed by atoms with Gasteiger partial charge in [0.25, 0.3) is 0 Å². The molecule has 7 nitrogen and oxygen atoms in total. The minimum atomic E-state index is -1.66. The van der Waals surface area contributed by atoms with Crippen LogP contribution in [0, 0.1) is 5.92 Å². The molecule has 0 aliphatic rings. The van der Waals surface area contributed by atoms with Gasteiger partial charge in [-0.2, -0.15) is 0 Å². The molecule has 0 amide bonds. The Morgan fingerprint density at radius 1 is 1.13 bits per heavy atom. The molecule has 0 saturated carbocycles. The smallest absolute Gasteiger partial charge is 0.322 e. The van der Waals surface area contributed by atoms with Crippen molar-refractivity contribution in [1.82, 2.24) is 0 Å². The highest BCUT2D eigenvalue weighted by Gasteiger charge is 2.36. The lowest BCUT2D eigenvalue weighted by Gasteiger charge is -2.16. The molecule has 0 aliphatic heterocycles. The number of carbonyl (C=O) groups excluding carboxylic acids is 2. The highest BCUT2D eigenvalue weighted by molar-refractivity contribution is 5.96. The molecule has 1 atom stereocenters. The molecule has 0 aromatic rings. The van der Waals surface area contributed by atoms with Crippen molar-refractivity contribution in [3.63, 3.8) is 0 Å². The van der Waals surface area contributed by atoms with Crippen LogP contribution in [0.3, 0.4) is 0 Å². The van der Waals surface area contributed by atoms with Gasteiger partial charge < -0.3 is 19.7 Å². The van der Waals surface area contributed by atoms with Crippen molar-refractivity contribution >= 4 is 17.9 Å². The first kappa shape index (κ1) is 13.4. The Hall–Kier alpha value is -1.63. The molecule has 0 saturated heterocycles. The molecule has 0 aromatic heterocycles. The van der Waals surface area contributed by atoms with Crippen LogP contribution < -0.4 is 0 Å². The normalized spacial score (nSPS) is 12.0. The number of carboxylic acids is 1.